The molecule has 10 heteroatoms. The maximum Gasteiger partial charge on any atom is 0.319 e. The average molecular weight is 394 g/mol. The minimum absolute atomic E-state index is 0.199. The molecule has 2 heterocycles. The van der Waals surface area contributed by atoms with E-state index in [2.05, 4.69) is 20.2 Å². The number of hydrogen-bond donors (Lipinski definition) is 0. The topological polar surface area (TPSA) is 113 Å². The van der Waals surface area contributed by atoms with Crippen molar-refractivity contribution < 1.29 is 22.1 Å². The fourth-order valence-electron chi connectivity index (χ4n) is 3.05. The molecule has 146 valence electrons. The van der Waals surface area contributed by atoms with Crippen LogP contribution >= 0.6 is 0 Å². The van der Waals surface area contributed by atoms with Crippen LogP contribution in [-0.4, -0.2) is 55.7 Å². The van der Waals surface area contributed by atoms with Gasteiger partial charge in [0.05, 0.1) is 38.3 Å². The maximum atomic E-state index is 11.1. The molecule has 2 atom stereocenters. The van der Waals surface area contributed by atoms with Gasteiger partial charge in [0.15, 0.2) is 0 Å². The van der Waals surface area contributed by atoms with Crippen molar-refractivity contribution in [3.63, 3.8) is 0 Å². The molecule has 0 bridgehead atoms. The first-order valence-electron chi connectivity index (χ1n) is 8.46. The molecule has 0 radical (unpaired) electrons. The summed E-state index contributed by atoms with van der Waals surface area (Å²) < 4.78 is 37.3. The quantitative estimate of drug-likeness (QED) is 0.617. The third-order valence-electron chi connectivity index (χ3n) is 4.51. The van der Waals surface area contributed by atoms with Gasteiger partial charge in [0, 0.05) is 6.20 Å². The Morgan fingerprint density at radius 1 is 1.22 bits per heavy atom. The Bertz CT molecular complexity index is 935. The summed E-state index contributed by atoms with van der Waals surface area (Å²) in [7, 11) is -0.393. The van der Waals surface area contributed by atoms with Gasteiger partial charge in [-0.15, -0.1) is 5.10 Å². The summed E-state index contributed by atoms with van der Waals surface area (Å²) in [4.78, 5) is 8.30. The summed E-state index contributed by atoms with van der Waals surface area (Å²) in [5, 5.41) is 8.52. The van der Waals surface area contributed by atoms with Crippen LogP contribution in [0.2, 0.25) is 0 Å². The van der Waals surface area contributed by atoms with Crippen molar-refractivity contribution in [2.45, 2.75) is 25.7 Å². The Kier molecular flexibility index (Phi) is 5.56. The molecule has 0 spiro atoms. The van der Waals surface area contributed by atoms with Crippen molar-refractivity contribution in [2.24, 2.45) is 5.92 Å². The van der Waals surface area contributed by atoms with Crippen LogP contribution in [0.15, 0.2) is 12.3 Å². The zero-order chi connectivity index (χ0) is 19.6. The van der Waals surface area contributed by atoms with Gasteiger partial charge in [-0.1, -0.05) is 0 Å². The Labute approximate surface area is 158 Å². The lowest BCUT2D eigenvalue weighted by atomic mass is 10.0. The second-order valence-corrected chi connectivity index (χ2v) is 8.11. The third kappa shape index (κ3) is 4.69. The summed E-state index contributed by atoms with van der Waals surface area (Å²) in [5.41, 5.74) is 3.18. The predicted molar refractivity (Wildman–Crippen MR) is 97.2 cm³/mol. The normalized spacial score (nSPS) is 19.0. The van der Waals surface area contributed by atoms with Gasteiger partial charge in [0.2, 0.25) is 5.88 Å². The van der Waals surface area contributed by atoms with Crippen LogP contribution in [0.5, 0.6) is 11.9 Å². The zero-order valence-corrected chi connectivity index (χ0v) is 16.5. The van der Waals surface area contributed by atoms with E-state index in [0.717, 1.165) is 23.9 Å². The zero-order valence-electron chi connectivity index (χ0n) is 15.7. The molecule has 2 aromatic rings. The van der Waals surface area contributed by atoms with E-state index in [0.29, 0.717) is 35.4 Å². The molecule has 2 aromatic heterocycles. The second-order valence-electron chi connectivity index (χ2n) is 6.47. The van der Waals surface area contributed by atoms with Crippen LogP contribution in [0.3, 0.4) is 0 Å². The van der Waals surface area contributed by atoms with Crippen LogP contribution in [0.25, 0.3) is 11.3 Å². The molecule has 1 aliphatic rings. The second kappa shape index (κ2) is 7.73. The maximum absolute atomic E-state index is 11.1. The van der Waals surface area contributed by atoms with Crippen LogP contribution < -0.4 is 9.47 Å². The first-order valence-corrected chi connectivity index (χ1v) is 10.3. The van der Waals surface area contributed by atoms with Crippen LogP contribution in [0.1, 0.15) is 30.0 Å². The molecule has 0 aliphatic heterocycles. The lowest BCUT2D eigenvalue weighted by Gasteiger charge is -2.10. The number of aryl methyl sites for hydroxylation is 1. The van der Waals surface area contributed by atoms with E-state index in [4.69, 9.17) is 13.7 Å². The van der Waals surface area contributed by atoms with Gasteiger partial charge in [0.1, 0.15) is 5.69 Å². The van der Waals surface area contributed by atoms with E-state index in [1.165, 1.54) is 14.2 Å². The van der Waals surface area contributed by atoms with Crippen molar-refractivity contribution in [3.8, 4) is 23.1 Å². The molecule has 0 amide bonds. The van der Waals surface area contributed by atoms with E-state index in [1.807, 2.05) is 13.0 Å². The first kappa shape index (κ1) is 19.4. The van der Waals surface area contributed by atoms with Gasteiger partial charge in [-0.2, -0.15) is 18.5 Å². The third-order valence-corrected chi connectivity index (χ3v) is 5.10. The standard InChI is InChI=1S/C17H22N4O5S/c1-10-12(13-7-11(13)5-6-26-27(4,22)23)8-15(21-20-10)14-9-18-17(25-3)19-16(14)24-2/h8-9,11,13H,5-7H2,1-4H3. The monoisotopic (exact) mass is 394 g/mol. The minimum Gasteiger partial charge on any atom is -0.480 e. The molecule has 1 saturated carbocycles. The highest BCUT2D eigenvalue weighted by Gasteiger charge is 2.39. The fourth-order valence-corrected chi connectivity index (χ4v) is 3.45. The largest absolute Gasteiger partial charge is 0.480 e. The number of rotatable bonds is 8. The molecule has 1 fully saturated rings. The summed E-state index contributed by atoms with van der Waals surface area (Å²) in [5.74, 6) is 1.05. The van der Waals surface area contributed by atoms with E-state index < -0.39 is 10.1 Å². The molecule has 0 saturated heterocycles. The van der Waals surface area contributed by atoms with Crippen molar-refractivity contribution in [1.29, 1.82) is 0 Å². The molecular weight excluding hydrogens is 372 g/mol. The predicted octanol–water partition coefficient (Wildman–Crippen LogP) is 1.73. The fraction of sp³-hybridized carbons (Fsp3) is 0.529. The number of ether oxygens (including phenoxy) is 2. The van der Waals surface area contributed by atoms with Crippen LogP contribution in [0, 0.1) is 12.8 Å². The Morgan fingerprint density at radius 3 is 2.67 bits per heavy atom. The van der Waals surface area contributed by atoms with E-state index >= 15 is 0 Å². The van der Waals surface area contributed by atoms with Crippen LogP contribution in [0.4, 0.5) is 0 Å². The number of hydrogen-bond acceptors (Lipinski definition) is 9. The minimum atomic E-state index is -3.40. The van der Waals surface area contributed by atoms with E-state index in [1.54, 1.807) is 6.20 Å². The molecular formula is C17H22N4O5S. The molecule has 3 rings (SSSR count). The smallest absolute Gasteiger partial charge is 0.319 e. The number of aromatic nitrogens is 4. The number of nitrogens with zero attached hydrogens (tertiary/aromatic N) is 4. The average Bonchev–Trinajstić information content (AvgIpc) is 3.39. The van der Waals surface area contributed by atoms with Crippen molar-refractivity contribution >= 4 is 10.1 Å². The Balaban J connectivity index is 1.78. The Hall–Kier alpha value is -2.33. The van der Waals surface area contributed by atoms with E-state index in [9.17, 15) is 8.42 Å². The lowest BCUT2D eigenvalue weighted by Crippen LogP contribution is -2.05. The van der Waals surface area contributed by atoms with Gasteiger partial charge in [0.25, 0.3) is 10.1 Å². The summed E-state index contributed by atoms with van der Waals surface area (Å²) in [6.45, 7) is 2.11. The van der Waals surface area contributed by atoms with Gasteiger partial charge >= 0.3 is 6.01 Å². The summed E-state index contributed by atoms with van der Waals surface area (Å²) >= 11 is 0. The molecule has 2 unspecified atom stereocenters. The molecule has 0 N–H and O–H groups in total. The van der Waals surface area contributed by atoms with Gasteiger partial charge < -0.3 is 9.47 Å². The van der Waals surface area contributed by atoms with E-state index in [-0.39, 0.29) is 12.6 Å². The summed E-state index contributed by atoms with van der Waals surface area (Å²) in [6.07, 6.45) is 4.31. The highest BCUT2D eigenvalue weighted by atomic mass is 32.2. The molecule has 1 aliphatic carbocycles. The molecule has 0 aromatic carbocycles. The Morgan fingerprint density at radius 2 is 2.00 bits per heavy atom. The molecule has 9 nitrogen and oxygen atoms in total. The van der Waals surface area contributed by atoms with Gasteiger partial charge in [-0.3, -0.25) is 4.18 Å². The van der Waals surface area contributed by atoms with Crippen molar-refractivity contribution in [2.75, 3.05) is 27.1 Å². The van der Waals surface area contributed by atoms with Crippen LogP contribution in [-0.2, 0) is 14.3 Å². The SMILES string of the molecule is COc1ncc(-c2cc(C3CC3CCOS(C)(=O)=O)c(C)nn2)c(OC)n1. The first-order chi connectivity index (χ1) is 12.8. The number of methoxy groups -OCH3 is 2. The summed E-state index contributed by atoms with van der Waals surface area (Å²) in [6, 6.07) is 2.18. The van der Waals surface area contributed by atoms with Crippen molar-refractivity contribution in [3.05, 3.63) is 23.5 Å². The highest BCUT2D eigenvalue weighted by molar-refractivity contribution is 7.85. The van der Waals surface area contributed by atoms with Gasteiger partial charge in [-0.25, -0.2) is 4.98 Å². The van der Waals surface area contributed by atoms with Gasteiger partial charge in [-0.05, 0) is 43.2 Å². The lowest BCUT2D eigenvalue weighted by molar-refractivity contribution is 0.306. The highest BCUT2D eigenvalue weighted by Crippen LogP contribution is 2.50. The van der Waals surface area contributed by atoms with Crippen molar-refractivity contribution in [1.82, 2.24) is 20.2 Å². The molecule has 27 heavy (non-hydrogen) atoms.